The van der Waals surface area contributed by atoms with Crippen LogP contribution >= 0.6 is 0 Å². The molecule has 0 saturated carbocycles. The summed E-state index contributed by atoms with van der Waals surface area (Å²) in [6.07, 6.45) is 8.40. The lowest BCUT2D eigenvalue weighted by Crippen LogP contribution is -2.40. The minimum atomic E-state index is 0.317. The average molecular weight is 216 g/mol. The number of hydrogen-bond donors (Lipinski definition) is 0. The van der Waals surface area contributed by atoms with Gasteiger partial charge in [0.05, 0.1) is 0 Å². The van der Waals surface area contributed by atoms with Crippen LogP contribution in [0.3, 0.4) is 0 Å². The molecule has 0 heteroatoms. The Morgan fingerprint density at radius 1 is 1.19 bits per heavy atom. The van der Waals surface area contributed by atoms with Crippen LogP contribution in [0.15, 0.2) is 34.9 Å². The number of allylic oxidation sites excluding steroid dienone is 6. The molecule has 0 aromatic carbocycles. The molecule has 2 atom stereocenters. The van der Waals surface area contributed by atoms with Crippen molar-refractivity contribution in [3.05, 3.63) is 34.9 Å². The summed E-state index contributed by atoms with van der Waals surface area (Å²) in [6, 6.07) is 0. The van der Waals surface area contributed by atoms with E-state index in [0.717, 1.165) is 0 Å². The van der Waals surface area contributed by atoms with Crippen molar-refractivity contribution in [3.8, 4) is 0 Å². The maximum Gasteiger partial charge on any atom is -0.000436 e. The predicted molar refractivity (Wildman–Crippen MR) is 71.3 cm³/mol. The Balaban J connectivity index is 2.59. The summed E-state index contributed by atoms with van der Waals surface area (Å²) in [5, 5.41) is 0. The van der Waals surface area contributed by atoms with Crippen molar-refractivity contribution in [1.29, 1.82) is 0 Å². The SMILES string of the molecule is CC1=CCC2(C)C(=C1C)C=CC(C)(C)C2C. The Morgan fingerprint density at radius 3 is 2.44 bits per heavy atom. The van der Waals surface area contributed by atoms with Crippen LogP contribution in [-0.2, 0) is 0 Å². The summed E-state index contributed by atoms with van der Waals surface area (Å²) in [6.45, 7) is 14.1. The molecule has 2 aliphatic rings. The molecule has 0 aromatic heterocycles. The highest BCUT2D eigenvalue weighted by molar-refractivity contribution is 5.47. The van der Waals surface area contributed by atoms with E-state index in [4.69, 9.17) is 0 Å². The molecule has 0 nitrogen and oxygen atoms in total. The molecule has 0 heterocycles. The van der Waals surface area contributed by atoms with E-state index in [-0.39, 0.29) is 0 Å². The van der Waals surface area contributed by atoms with Gasteiger partial charge in [-0.15, -0.1) is 0 Å². The summed E-state index contributed by atoms with van der Waals surface area (Å²) >= 11 is 0. The Bertz CT molecular complexity index is 404. The topological polar surface area (TPSA) is 0 Å². The molecule has 88 valence electrons. The third-order valence-electron chi connectivity index (χ3n) is 5.19. The van der Waals surface area contributed by atoms with E-state index in [1.807, 2.05) is 0 Å². The Labute approximate surface area is 100 Å². The van der Waals surface area contributed by atoms with Gasteiger partial charge in [-0.1, -0.05) is 51.5 Å². The Kier molecular flexibility index (Phi) is 2.45. The molecule has 2 unspecified atom stereocenters. The molecule has 0 N–H and O–H groups in total. The van der Waals surface area contributed by atoms with Crippen molar-refractivity contribution in [2.75, 3.05) is 0 Å². The Morgan fingerprint density at radius 2 is 1.81 bits per heavy atom. The van der Waals surface area contributed by atoms with Crippen LogP contribution in [0.4, 0.5) is 0 Å². The van der Waals surface area contributed by atoms with Crippen LogP contribution in [-0.4, -0.2) is 0 Å². The summed E-state index contributed by atoms with van der Waals surface area (Å²) in [4.78, 5) is 0. The molecule has 0 aromatic rings. The van der Waals surface area contributed by atoms with Crippen LogP contribution in [0, 0.1) is 16.7 Å². The third kappa shape index (κ3) is 1.43. The summed E-state index contributed by atoms with van der Waals surface area (Å²) in [5.41, 5.74) is 5.18. The first-order chi connectivity index (χ1) is 7.29. The second-order valence-electron chi connectivity index (χ2n) is 6.42. The standard InChI is InChI=1S/C16H24/c1-11-7-10-16(6)13(3)15(4,5)9-8-14(16)12(11)2/h7-9,13H,10H2,1-6H3. The first-order valence-corrected chi connectivity index (χ1v) is 6.37. The first-order valence-electron chi connectivity index (χ1n) is 6.37. The monoisotopic (exact) mass is 216 g/mol. The van der Waals surface area contributed by atoms with Gasteiger partial charge in [-0.25, -0.2) is 0 Å². The zero-order valence-corrected chi connectivity index (χ0v) is 11.5. The van der Waals surface area contributed by atoms with Gasteiger partial charge < -0.3 is 0 Å². The molecule has 2 aliphatic carbocycles. The summed E-state index contributed by atoms with van der Waals surface area (Å²) in [5.74, 6) is 0.694. The largest absolute Gasteiger partial charge is 0.0804 e. The fraction of sp³-hybridized carbons (Fsp3) is 0.625. The lowest BCUT2D eigenvalue weighted by Gasteiger charge is -2.49. The Hall–Kier alpha value is -0.780. The van der Waals surface area contributed by atoms with Gasteiger partial charge in [-0.05, 0) is 48.2 Å². The van der Waals surface area contributed by atoms with Gasteiger partial charge in [-0.3, -0.25) is 0 Å². The van der Waals surface area contributed by atoms with E-state index in [1.165, 1.54) is 17.6 Å². The maximum absolute atomic E-state index is 2.44. The molecule has 0 spiro atoms. The third-order valence-corrected chi connectivity index (χ3v) is 5.19. The van der Waals surface area contributed by atoms with Crippen molar-refractivity contribution in [2.24, 2.45) is 16.7 Å². The number of fused-ring (bicyclic) bond motifs is 1. The van der Waals surface area contributed by atoms with E-state index in [1.54, 1.807) is 5.57 Å². The molecule has 0 saturated heterocycles. The normalized spacial score (nSPS) is 37.1. The highest BCUT2D eigenvalue weighted by Gasteiger charge is 2.45. The van der Waals surface area contributed by atoms with Gasteiger partial charge in [0.25, 0.3) is 0 Å². The summed E-state index contributed by atoms with van der Waals surface area (Å²) < 4.78 is 0. The van der Waals surface area contributed by atoms with Gasteiger partial charge in [0.15, 0.2) is 0 Å². The number of hydrogen-bond acceptors (Lipinski definition) is 0. The summed E-state index contributed by atoms with van der Waals surface area (Å²) in [7, 11) is 0. The molecule has 16 heavy (non-hydrogen) atoms. The van der Waals surface area contributed by atoms with Crippen molar-refractivity contribution in [2.45, 2.75) is 48.0 Å². The van der Waals surface area contributed by atoms with E-state index >= 15 is 0 Å². The lowest BCUT2D eigenvalue weighted by atomic mass is 9.55. The van der Waals surface area contributed by atoms with Gasteiger partial charge in [0, 0.05) is 0 Å². The molecule has 0 fully saturated rings. The lowest BCUT2D eigenvalue weighted by molar-refractivity contribution is 0.135. The minimum absolute atomic E-state index is 0.317. The van der Waals surface area contributed by atoms with Crippen LogP contribution in [0.1, 0.15) is 48.0 Å². The fourth-order valence-corrected chi connectivity index (χ4v) is 3.26. The smallest absolute Gasteiger partial charge is 0.000436 e. The highest BCUT2D eigenvalue weighted by atomic mass is 14.5. The van der Waals surface area contributed by atoms with Gasteiger partial charge >= 0.3 is 0 Å². The molecule has 0 aliphatic heterocycles. The van der Waals surface area contributed by atoms with Crippen LogP contribution < -0.4 is 0 Å². The fourth-order valence-electron chi connectivity index (χ4n) is 3.26. The van der Waals surface area contributed by atoms with E-state index in [2.05, 4.69) is 59.8 Å². The zero-order chi connectivity index (χ0) is 12.1. The molecular weight excluding hydrogens is 192 g/mol. The zero-order valence-electron chi connectivity index (χ0n) is 11.5. The molecule has 0 amide bonds. The molecule has 0 radical (unpaired) electrons. The second kappa shape index (κ2) is 3.35. The van der Waals surface area contributed by atoms with E-state index in [9.17, 15) is 0 Å². The maximum atomic E-state index is 2.44. The van der Waals surface area contributed by atoms with Crippen LogP contribution in [0.5, 0.6) is 0 Å². The quantitative estimate of drug-likeness (QED) is 0.540. The minimum Gasteiger partial charge on any atom is -0.0804 e. The highest BCUT2D eigenvalue weighted by Crippen LogP contribution is 2.55. The second-order valence-corrected chi connectivity index (χ2v) is 6.42. The molecular formula is C16H24. The van der Waals surface area contributed by atoms with Gasteiger partial charge in [-0.2, -0.15) is 0 Å². The molecule has 2 rings (SSSR count). The first kappa shape index (κ1) is 11.7. The molecule has 0 bridgehead atoms. The predicted octanol–water partition coefficient (Wildman–Crippen LogP) is 4.89. The van der Waals surface area contributed by atoms with E-state index < -0.39 is 0 Å². The number of rotatable bonds is 0. The average Bonchev–Trinajstić information content (AvgIpc) is 2.21. The van der Waals surface area contributed by atoms with Crippen LogP contribution in [0.25, 0.3) is 0 Å². The van der Waals surface area contributed by atoms with Gasteiger partial charge in [0.1, 0.15) is 0 Å². The van der Waals surface area contributed by atoms with Crippen LogP contribution in [0.2, 0.25) is 0 Å². The van der Waals surface area contributed by atoms with E-state index in [0.29, 0.717) is 16.7 Å². The van der Waals surface area contributed by atoms with Crippen molar-refractivity contribution in [1.82, 2.24) is 0 Å². The van der Waals surface area contributed by atoms with Crippen molar-refractivity contribution >= 4 is 0 Å². The van der Waals surface area contributed by atoms with Gasteiger partial charge in [0.2, 0.25) is 0 Å². The van der Waals surface area contributed by atoms with Crippen molar-refractivity contribution in [3.63, 3.8) is 0 Å². The van der Waals surface area contributed by atoms with Crippen molar-refractivity contribution < 1.29 is 0 Å².